The van der Waals surface area contributed by atoms with Crippen molar-refractivity contribution in [3.8, 4) is 0 Å². The van der Waals surface area contributed by atoms with E-state index in [9.17, 15) is 9.59 Å². The molecule has 1 saturated heterocycles. The van der Waals surface area contributed by atoms with Crippen LogP contribution in [0, 0.1) is 28.6 Å². The molecule has 9 atom stereocenters. The second kappa shape index (κ2) is 8.50. The summed E-state index contributed by atoms with van der Waals surface area (Å²) in [6.45, 7) is 26.2. The summed E-state index contributed by atoms with van der Waals surface area (Å²) in [5.74, 6) is -1.62. The molecule has 0 radical (unpaired) electrons. The molecule has 4 fully saturated rings. The first-order valence-corrected chi connectivity index (χ1v) is 24.6. The lowest BCUT2D eigenvalue weighted by Gasteiger charge is -2.52. The Kier molecular flexibility index (Phi) is 6.42. The minimum atomic E-state index is -2.05. The monoisotopic (exact) mass is 592 g/mol. The first-order valence-electron chi connectivity index (χ1n) is 14.4. The first kappa shape index (κ1) is 29.4. The molecular weight excluding hydrogens is 545 g/mol. The number of rotatable bonds is 7. The van der Waals surface area contributed by atoms with Gasteiger partial charge in [0.1, 0.15) is 16.6 Å². The summed E-state index contributed by atoms with van der Waals surface area (Å²) in [5.41, 5.74) is -2.08. The molecule has 0 amide bonds. The topological polar surface area (TPSA) is 80.3 Å². The minimum absolute atomic E-state index is 0.118. The van der Waals surface area contributed by atoms with Gasteiger partial charge in [-0.1, -0.05) is 12.7 Å². The van der Waals surface area contributed by atoms with Crippen molar-refractivity contribution >= 4 is 36.9 Å². The summed E-state index contributed by atoms with van der Waals surface area (Å²) in [7, 11) is -4.63. The average Bonchev–Trinajstić information content (AvgIpc) is 3.20. The molecule has 1 aliphatic heterocycles. The lowest BCUT2D eigenvalue weighted by molar-refractivity contribution is -0.168. The number of methoxy groups -OCH3 is 1. The number of carbonyl (C=O) groups is 2. The number of hydrogen-bond donors (Lipinski definition) is 0. The summed E-state index contributed by atoms with van der Waals surface area (Å²) in [4.78, 5) is 27.8. The van der Waals surface area contributed by atoms with Gasteiger partial charge >= 0.3 is 11.9 Å². The molecule has 0 aromatic rings. The van der Waals surface area contributed by atoms with Gasteiger partial charge in [-0.05, 0) is 102 Å². The van der Waals surface area contributed by atoms with Crippen LogP contribution in [-0.2, 0) is 32.3 Å². The van der Waals surface area contributed by atoms with Crippen LogP contribution in [0.5, 0.6) is 0 Å². The zero-order valence-corrected chi connectivity index (χ0v) is 28.7. The molecule has 1 spiro atoms. The highest BCUT2D eigenvalue weighted by Gasteiger charge is 2.85. The van der Waals surface area contributed by atoms with Crippen molar-refractivity contribution in [3.63, 3.8) is 0 Å². The van der Waals surface area contributed by atoms with E-state index in [2.05, 4.69) is 71.6 Å². The van der Waals surface area contributed by atoms with Crippen LogP contribution >= 0.6 is 0 Å². The predicted molar refractivity (Wildman–Crippen MR) is 158 cm³/mol. The van der Waals surface area contributed by atoms with E-state index in [0.717, 1.165) is 5.57 Å². The summed E-state index contributed by atoms with van der Waals surface area (Å²) in [6.07, 6.45) is 5.35. The predicted octanol–water partition coefficient (Wildman–Crippen LogP) is 5.66. The Morgan fingerprint density at radius 2 is 1.64 bits per heavy atom. The van der Waals surface area contributed by atoms with E-state index >= 15 is 0 Å². The summed E-state index contributed by atoms with van der Waals surface area (Å²) in [5, 5.41) is 0. The van der Waals surface area contributed by atoms with Crippen molar-refractivity contribution in [3.05, 3.63) is 24.3 Å². The third-order valence-electron chi connectivity index (χ3n) is 9.78. The highest BCUT2D eigenvalue weighted by atomic mass is 28.4. The molecule has 0 aromatic carbocycles. The lowest BCUT2D eigenvalue weighted by Crippen LogP contribution is -2.60. The molecule has 218 valence electrons. The maximum Gasteiger partial charge on any atom is 0.316 e. The van der Waals surface area contributed by atoms with Gasteiger partial charge in [0, 0.05) is 11.8 Å². The van der Waals surface area contributed by atoms with E-state index in [1.54, 1.807) is 0 Å². The largest absolute Gasteiger partial charge is 0.469 e. The molecule has 7 nitrogen and oxygen atoms in total. The summed E-state index contributed by atoms with van der Waals surface area (Å²) >= 11 is 0. The summed E-state index contributed by atoms with van der Waals surface area (Å²) in [6, 6.07) is 0. The molecule has 5 aliphatic rings. The third kappa shape index (κ3) is 4.10. The van der Waals surface area contributed by atoms with Crippen LogP contribution in [0.4, 0.5) is 0 Å². The molecule has 4 bridgehead atoms. The smallest absolute Gasteiger partial charge is 0.316 e. The van der Waals surface area contributed by atoms with Crippen LogP contribution in [-0.4, -0.2) is 67.4 Å². The van der Waals surface area contributed by atoms with E-state index in [-0.39, 0.29) is 24.0 Å². The standard InChI is InChI=1S/C29H48O7Si3/c1-18-16-27-17-29(18,36-39(10,11)12)21(35-38(7,8)9)15-19(27)28-14-13-20(34-37(4,5)6)26(2,25(31)33-28)23(28)22(27)24(30)32-3/h13-14,19-23H,1,15-17H2,2-12H3/t19?,20-,21-,22?,23?,26?,27-,28+,29-/m0/s1. The molecule has 0 aromatic heterocycles. The fourth-order valence-electron chi connectivity index (χ4n) is 8.99. The van der Waals surface area contributed by atoms with Gasteiger partial charge in [-0.2, -0.15) is 0 Å². The number of hydrogen-bond acceptors (Lipinski definition) is 7. The summed E-state index contributed by atoms with van der Waals surface area (Å²) < 4.78 is 32.7. The van der Waals surface area contributed by atoms with Crippen LogP contribution in [0.3, 0.4) is 0 Å². The third-order valence-corrected chi connectivity index (χ3v) is 12.7. The van der Waals surface area contributed by atoms with Gasteiger partial charge in [0.05, 0.1) is 25.2 Å². The second-order valence-electron chi connectivity index (χ2n) is 15.8. The van der Waals surface area contributed by atoms with Gasteiger partial charge in [0.2, 0.25) is 0 Å². The SMILES string of the molecule is C=C1C[C@]23C[C@@]1(O[Si](C)(C)C)[C@@H](O[Si](C)(C)C)CC2[C@@]12C=C[C@H](O[Si](C)(C)C)C(C)(C(=O)O1)C2C3C(=O)OC. The van der Waals surface area contributed by atoms with Crippen LogP contribution in [0.25, 0.3) is 0 Å². The molecule has 1 heterocycles. The van der Waals surface area contributed by atoms with E-state index in [0.29, 0.717) is 19.3 Å². The fourth-order valence-corrected chi connectivity index (χ4v) is 12.7. The van der Waals surface area contributed by atoms with Gasteiger partial charge in [0.25, 0.3) is 0 Å². The van der Waals surface area contributed by atoms with Crippen molar-refractivity contribution < 1.29 is 32.3 Å². The van der Waals surface area contributed by atoms with Gasteiger partial charge in [-0.15, -0.1) is 0 Å². The number of esters is 2. The highest BCUT2D eigenvalue weighted by molar-refractivity contribution is 6.70. The van der Waals surface area contributed by atoms with Crippen LogP contribution in [0.15, 0.2) is 24.3 Å². The van der Waals surface area contributed by atoms with Crippen LogP contribution in [0.1, 0.15) is 26.2 Å². The maximum atomic E-state index is 13.9. The zero-order chi connectivity index (χ0) is 29.2. The molecule has 3 saturated carbocycles. The second-order valence-corrected chi connectivity index (χ2v) is 29.2. The Morgan fingerprint density at radius 1 is 1.03 bits per heavy atom. The van der Waals surface area contributed by atoms with E-state index in [4.69, 9.17) is 22.8 Å². The first-order chi connectivity index (χ1) is 17.7. The van der Waals surface area contributed by atoms with Crippen LogP contribution in [0.2, 0.25) is 58.9 Å². The quantitative estimate of drug-likeness (QED) is 0.214. The van der Waals surface area contributed by atoms with E-state index in [1.807, 2.05) is 13.0 Å². The molecule has 0 N–H and O–H groups in total. The van der Waals surface area contributed by atoms with Gasteiger partial charge < -0.3 is 22.8 Å². The molecule has 10 heteroatoms. The average molecular weight is 593 g/mol. The Labute approximate surface area is 237 Å². The van der Waals surface area contributed by atoms with Gasteiger partial charge in [-0.25, -0.2) is 0 Å². The molecule has 4 unspecified atom stereocenters. The van der Waals surface area contributed by atoms with Crippen molar-refractivity contribution in [1.29, 1.82) is 0 Å². The van der Waals surface area contributed by atoms with Gasteiger partial charge in [0.15, 0.2) is 25.0 Å². The Balaban J connectivity index is 1.72. The van der Waals surface area contributed by atoms with Crippen molar-refractivity contribution in [2.24, 2.45) is 28.6 Å². The number of carbonyl (C=O) groups excluding carboxylic acids is 2. The fraction of sp³-hybridized carbons (Fsp3) is 0.793. The minimum Gasteiger partial charge on any atom is -0.469 e. The van der Waals surface area contributed by atoms with E-state index in [1.165, 1.54) is 7.11 Å². The van der Waals surface area contributed by atoms with Crippen molar-refractivity contribution in [2.75, 3.05) is 7.11 Å². The van der Waals surface area contributed by atoms with Gasteiger partial charge in [-0.3, -0.25) is 9.59 Å². The lowest BCUT2D eigenvalue weighted by atomic mass is 9.61. The normalized spacial score (nSPS) is 44.7. The molecular formula is C29H48O7Si3. The maximum absolute atomic E-state index is 13.9. The van der Waals surface area contributed by atoms with Crippen LogP contribution < -0.4 is 0 Å². The Bertz CT molecular complexity index is 1130. The number of fused-ring (bicyclic) bond motifs is 1. The number of ether oxygens (including phenoxy) is 2. The zero-order valence-electron chi connectivity index (χ0n) is 25.7. The van der Waals surface area contributed by atoms with Crippen molar-refractivity contribution in [2.45, 2.75) is 109 Å². The van der Waals surface area contributed by atoms with Crippen molar-refractivity contribution in [1.82, 2.24) is 0 Å². The highest BCUT2D eigenvalue weighted by Crippen LogP contribution is 2.78. The molecule has 4 aliphatic carbocycles. The Morgan fingerprint density at radius 3 is 2.18 bits per heavy atom. The molecule has 39 heavy (non-hydrogen) atoms. The molecule has 5 rings (SSSR count). The Hall–Kier alpha value is -1.05. The van der Waals surface area contributed by atoms with E-state index < -0.39 is 64.9 Å².